The van der Waals surface area contributed by atoms with E-state index in [0.717, 1.165) is 69.9 Å². The first-order valence-corrected chi connectivity index (χ1v) is 10.4. The number of likely N-dealkylation sites (tertiary alicyclic amines) is 1. The van der Waals surface area contributed by atoms with E-state index in [1.165, 1.54) is 18.4 Å². The van der Waals surface area contributed by atoms with Crippen molar-refractivity contribution in [2.45, 2.75) is 44.9 Å². The van der Waals surface area contributed by atoms with E-state index >= 15 is 0 Å². The summed E-state index contributed by atoms with van der Waals surface area (Å²) >= 11 is 0. The second-order valence-electron chi connectivity index (χ2n) is 7.96. The molecule has 2 saturated heterocycles. The molecule has 0 bridgehead atoms. The molecule has 3 rings (SSSR count). The zero-order valence-electron chi connectivity index (χ0n) is 17.6. The summed E-state index contributed by atoms with van der Waals surface area (Å²) in [6.07, 6.45) is 4.53. The van der Waals surface area contributed by atoms with Crippen molar-refractivity contribution in [3.8, 4) is 5.75 Å². The highest BCUT2D eigenvalue weighted by Gasteiger charge is 2.35. The van der Waals surface area contributed by atoms with Gasteiger partial charge in [-0.05, 0) is 56.2 Å². The number of ether oxygens (including phenoxy) is 2. The van der Waals surface area contributed by atoms with Gasteiger partial charge in [-0.15, -0.1) is 24.0 Å². The minimum absolute atomic E-state index is 0. The smallest absolute Gasteiger partial charge is 0.193 e. The molecule has 0 spiro atoms. The molecule has 2 heterocycles. The minimum Gasteiger partial charge on any atom is -0.497 e. The van der Waals surface area contributed by atoms with E-state index < -0.39 is 0 Å². The van der Waals surface area contributed by atoms with Crippen LogP contribution in [0.25, 0.3) is 0 Å². The van der Waals surface area contributed by atoms with Crippen molar-refractivity contribution in [3.63, 3.8) is 0 Å². The lowest BCUT2D eigenvalue weighted by molar-refractivity contribution is 0.0530. The highest BCUT2D eigenvalue weighted by molar-refractivity contribution is 14.0. The average molecular weight is 501 g/mol. The molecule has 2 aliphatic heterocycles. The summed E-state index contributed by atoms with van der Waals surface area (Å²) in [5, 5.41) is 3.52. The largest absolute Gasteiger partial charge is 0.497 e. The summed E-state index contributed by atoms with van der Waals surface area (Å²) in [6.45, 7) is 10.0. The van der Waals surface area contributed by atoms with E-state index in [4.69, 9.17) is 14.5 Å². The number of guanidine groups is 1. The predicted octanol–water partition coefficient (Wildman–Crippen LogP) is 4.06. The highest BCUT2D eigenvalue weighted by atomic mass is 127. The lowest BCUT2D eigenvalue weighted by Gasteiger charge is -2.38. The zero-order valence-corrected chi connectivity index (χ0v) is 19.9. The Balaban J connectivity index is 0.00000280. The third-order valence-electron chi connectivity index (χ3n) is 6.10. The maximum absolute atomic E-state index is 5.67. The topological polar surface area (TPSA) is 46.1 Å². The maximum atomic E-state index is 5.67. The summed E-state index contributed by atoms with van der Waals surface area (Å²) in [5.41, 5.74) is 1.40. The average Bonchev–Trinajstić information content (AvgIpc) is 2.72. The molecule has 6 heteroatoms. The first-order chi connectivity index (χ1) is 13.2. The number of benzene rings is 1. The lowest BCUT2D eigenvalue weighted by Crippen LogP contribution is -2.46. The van der Waals surface area contributed by atoms with Crippen LogP contribution in [0.15, 0.2) is 29.3 Å². The molecule has 2 fully saturated rings. The van der Waals surface area contributed by atoms with Crippen LogP contribution >= 0.6 is 24.0 Å². The van der Waals surface area contributed by atoms with E-state index in [2.05, 4.69) is 48.3 Å². The molecule has 1 N–H and O–H groups in total. The Hall–Kier alpha value is -1.02. The van der Waals surface area contributed by atoms with Crippen molar-refractivity contribution in [3.05, 3.63) is 29.8 Å². The molecule has 0 radical (unpaired) electrons. The van der Waals surface area contributed by atoms with Gasteiger partial charge in [0, 0.05) is 38.3 Å². The van der Waals surface area contributed by atoms with Gasteiger partial charge in [-0.25, -0.2) is 0 Å². The second kappa shape index (κ2) is 11.2. The number of methoxy groups -OCH3 is 1. The van der Waals surface area contributed by atoms with Crippen molar-refractivity contribution in [1.29, 1.82) is 0 Å². The summed E-state index contributed by atoms with van der Waals surface area (Å²) in [4.78, 5) is 7.56. The fourth-order valence-electron chi connectivity index (χ4n) is 4.12. The van der Waals surface area contributed by atoms with E-state index in [9.17, 15) is 0 Å². The molecule has 28 heavy (non-hydrogen) atoms. The molecule has 1 aromatic carbocycles. The van der Waals surface area contributed by atoms with Gasteiger partial charge in [0.15, 0.2) is 5.96 Å². The number of nitrogens with zero attached hydrogens (tertiary/aromatic N) is 2. The number of hydrogen-bond acceptors (Lipinski definition) is 3. The van der Waals surface area contributed by atoms with Crippen LogP contribution in [0.2, 0.25) is 0 Å². The number of nitrogens with one attached hydrogen (secondary N) is 1. The van der Waals surface area contributed by atoms with Crippen LogP contribution in [0.3, 0.4) is 0 Å². The molecule has 0 atom stereocenters. The Morgan fingerprint density at radius 3 is 2.43 bits per heavy atom. The molecule has 0 aliphatic carbocycles. The van der Waals surface area contributed by atoms with Gasteiger partial charge in [0.1, 0.15) is 5.75 Å². The maximum Gasteiger partial charge on any atom is 0.193 e. The molecular formula is C22H36IN3O2. The van der Waals surface area contributed by atoms with Crippen molar-refractivity contribution in [2.75, 3.05) is 46.5 Å². The van der Waals surface area contributed by atoms with Gasteiger partial charge in [-0.3, -0.25) is 4.99 Å². The zero-order chi connectivity index (χ0) is 19.1. The lowest BCUT2D eigenvalue weighted by atomic mass is 9.74. The van der Waals surface area contributed by atoms with Gasteiger partial charge >= 0.3 is 0 Å². The van der Waals surface area contributed by atoms with Gasteiger partial charge in [0.05, 0.1) is 13.7 Å². The van der Waals surface area contributed by atoms with Crippen LogP contribution in [-0.2, 0) is 10.2 Å². The number of aliphatic imine (C=N–C) groups is 1. The molecular weight excluding hydrogens is 465 g/mol. The number of halogens is 1. The van der Waals surface area contributed by atoms with Crippen LogP contribution in [0, 0.1) is 5.92 Å². The molecule has 0 amide bonds. The summed E-state index contributed by atoms with van der Waals surface area (Å²) < 4.78 is 11.0. The fourth-order valence-corrected chi connectivity index (χ4v) is 4.12. The van der Waals surface area contributed by atoms with Crippen LogP contribution in [0.4, 0.5) is 0 Å². The van der Waals surface area contributed by atoms with E-state index in [1.54, 1.807) is 7.11 Å². The number of rotatable bonds is 5. The predicted molar refractivity (Wildman–Crippen MR) is 126 cm³/mol. The Labute approximate surface area is 187 Å². The molecule has 158 valence electrons. The van der Waals surface area contributed by atoms with E-state index in [0.29, 0.717) is 0 Å². The van der Waals surface area contributed by atoms with Gasteiger partial charge < -0.3 is 19.7 Å². The number of hydrogen-bond donors (Lipinski definition) is 1. The van der Waals surface area contributed by atoms with Gasteiger partial charge in [-0.2, -0.15) is 0 Å². The van der Waals surface area contributed by atoms with Crippen LogP contribution in [-0.4, -0.2) is 57.4 Å². The van der Waals surface area contributed by atoms with Crippen molar-refractivity contribution in [1.82, 2.24) is 10.2 Å². The quantitative estimate of drug-likeness (QED) is 0.376. The van der Waals surface area contributed by atoms with Crippen LogP contribution in [0.1, 0.15) is 45.1 Å². The Morgan fingerprint density at radius 1 is 1.21 bits per heavy atom. The Bertz CT molecular complexity index is 607. The first kappa shape index (κ1) is 23.3. The fraction of sp³-hybridized carbons (Fsp3) is 0.682. The SMILES string of the molecule is CCNC(=NCC1(c2ccc(OC)cc2)CCOCC1)N1CCC(C)CC1.I. The molecule has 0 aromatic heterocycles. The monoisotopic (exact) mass is 501 g/mol. The minimum atomic E-state index is 0. The second-order valence-corrected chi connectivity index (χ2v) is 7.96. The molecule has 5 nitrogen and oxygen atoms in total. The van der Waals surface area contributed by atoms with Crippen molar-refractivity contribution in [2.24, 2.45) is 10.9 Å². The van der Waals surface area contributed by atoms with E-state index in [-0.39, 0.29) is 29.4 Å². The highest BCUT2D eigenvalue weighted by Crippen LogP contribution is 2.36. The summed E-state index contributed by atoms with van der Waals surface area (Å²) in [5.74, 6) is 2.80. The molecule has 0 saturated carbocycles. The van der Waals surface area contributed by atoms with E-state index in [1.807, 2.05) is 0 Å². The van der Waals surface area contributed by atoms with Gasteiger partial charge in [0.25, 0.3) is 0 Å². The summed E-state index contributed by atoms with van der Waals surface area (Å²) in [6, 6.07) is 8.53. The number of piperidine rings is 1. The first-order valence-electron chi connectivity index (χ1n) is 10.4. The van der Waals surface area contributed by atoms with Gasteiger partial charge in [0.2, 0.25) is 0 Å². The molecule has 2 aliphatic rings. The summed E-state index contributed by atoms with van der Waals surface area (Å²) in [7, 11) is 1.71. The Morgan fingerprint density at radius 2 is 1.86 bits per heavy atom. The molecule has 0 unspecified atom stereocenters. The molecule has 1 aromatic rings. The van der Waals surface area contributed by atoms with Gasteiger partial charge in [-0.1, -0.05) is 19.1 Å². The van der Waals surface area contributed by atoms with Crippen molar-refractivity contribution < 1.29 is 9.47 Å². The third kappa shape index (κ3) is 5.75. The standard InChI is InChI=1S/C22H35N3O2.HI/c1-4-23-21(25-13-9-18(2)10-14-25)24-17-22(11-15-27-16-12-22)19-5-7-20(26-3)8-6-19;/h5-8,18H,4,9-17H2,1-3H3,(H,23,24);1H. The van der Waals surface area contributed by atoms with Crippen LogP contribution < -0.4 is 10.1 Å². The Kier molecular flexibility index (Phi) is 9.34. The third-order valence-corrected chi connectivity index (χ3v) is 6.10. The van der Waals surface area contributed by atoms with Crippen molar-refractivity contribution >= 4 is 29.9 Å². The van der Waals surface area contributed by atoms with Crippen LogP contribution in [0.5, 0.6) is 5.75 Å². The normalized spacial score (nSPS) is 20.4.